The minimum absolute atomic E-state index is 0.817. The first-order valence-corrected chi connectivity index (χ1v) is 9.50. The lowest BCUT2D eigenvalue weighted by Crippen LogP contribution is -2.05. The highest BCUT2D eigenvalue weighted by Gasteiger charge is 2.15. The zero-order valence-electron chi connectivity index (χ0n) is 14.6. The molecule has 1 aliphatic rings. The highest BCUT2D eigenvalue weighted by molar-refractivity contribution is 5.85. The average Bonchev–Trinajstić information content (AvgIpc) is 2.89. The largest absolute Gasteiger partial charge is 0.294 e. The van der Waals surface area contributed by atoms with E-state index >= 15 is 0 Å². The van der Waals surface area contributed by atoms with E-state index in [1.165, 1.54) is 89.2 Å². The second kappa shape index (κ2) is 13.1. The third-order valence-corrected chi connectivity index (χ3v) is 4.74. The summed E-state index contributed by atoms with van der Waals surface area (Å²) in [5, 5.41) is 0. The van der Waals surface area contributed by atoms with Crippen LogP contribution in [0.15, 0.2) is 17.1 Å². The number of rotatable bonds is 13. The van der Waals surface area contributed by atoms with Crippen LogP contribution in [0.1, 0.15) is 97.3 Å². The van der Waals surface area contributed by atoms with Crippen molar-refractivity contribution in [2.75, 3.05) is 6.54 Å². The summed E-state index contributed by atoms with van der Waals surface area (Å²) in [4.78, 5) is 4.51. The van der Waals surface area contributed by atoms with Gasteiger partial charge in [-0.1, -0.05) is 64.0 Å². The van der Waals surface area contributed by atoms with Crippen LogP contribution in [-0.4, -0.2) is 12.3 Å². The van der Waals surface area contributed by atoms with Crippen molar-refractivity contribution in [3.8, 4) is 0 Å². The first-order chi connectivity index (χ1) is 10.3. The molecule has 1 aliphatic heterocycles. The van der Waals surface area contributed by atoms with Crippen LogP contribution in [0, 0.1) is 5.92 Å². The van der Waals surface area contributed by atoms with Crippen molar-refractivity contribution >= 4 is 5.71 Å². The summed E-state index contributed by atoms with van der Waals surface area (Å²) < 4.78 is 0. The monoisotopic (exact) mass is 291 g/mol. The smallest absolute Gasteiger partial charge is 0.0394 e. The van der Waals surface area contributed by atoms with E-state index in [9.17, 15) is 0 Å². The van der Waals surface area contributed by atoms with Crippen LogP contribution >= 0.6 is 0 Å². The predicted octanol–water partition coefficient (Wildman–Crippen LogP) is 6.72. The number of hydrogen-bond acceptors (Lipinski definition) is 1. The van der Waals surface area contributed by atoms with E-state index < -0.39 is 0 Å². The molecule has 1 unspecified atom stereocenters. The van der Waals surface area contributed by atoms with Gasteiger partial charge in [-0.05, 0) is 51.4 Å². The van der Waals surface area contributed by atoms with Gasteiger partial charge in [-0.25, -0.2) is 0 Å². The van der Waals surface area contributed by atoms with Gasteiger partial charge in [0.2, 0.25) is 0 Å². The topological polar surface area (TPSA) is 12.4 Å². The Labute approximate surface area is 133 Å². The number of nitrogens with zero attached hydrogens (tertiary/aromatic N) is 1. The van der Waals surface area contributed by atoms with Crippen molar-refractivity contribution in [1.29, 1.82) is 0 Å². The van der Waals surface area contributed by atoms with Crippen LogP contribution in [0.5, 0.6) is 0 Å². The third kappa shape index (κ3) is 9.87. The lowest BCUT2D eigenvalue weighted by molar-refractivity contribution is 0.542. The third-order valence-electron chi connectivity index (χ3n) is 4.74. The molecule has 0 aromatic rings. The zero-order valence-corrected chi connectivity index (χ0v) is 14.6. The Kier molecular flexibility index (Phi) is 11.5. The quantitative estimate of drug-likeness (QED) is 0.264. The molecule has 0 fully saturated rings. The molecule has 0 bridgehead atoms. The van der Waals surface area contributed by atoms with Gasteiger partial charge >= 0.3 is 0 Å². The normalized spacial score (nSPS) is 18.6. The molecule has 0 aromatic carbocycles. The van der Waals surface area contributed by atoms with E-state index in [1.807, 2.05) is 0 Å². The summed E-state index contributed by atoms with van der Waals surface area (Å²) in [5.41, 5.74) is 1.41. The predicted molar refractivity (Wildman–Crippen MR) is 96.3 cm³/mol. The van der Waals surface area contributed by atoms with Gasteiger partial charge in [-0.15, -0.1) is 0 Å². The van der Waals surface area contributed by atoms with Gasteiger partial charge in [0.15, 0.2) is 0 Å². The molecule has 1 heterocycles. The Bertz CT molecular complexity index is 290. The first-order valence-electron chi connectivity index (χ1n) is 9.50. The van der Waals surface area contributed by atoms with Gasteiger partial charge in [0, 0.05) is 12.3 Å². The summed E-state index contributed by atoms with van der Waals surface area (Å²) in [7, 11) is 0. The van der Waals surface area contributed by atoms with Gasteiger partial charge < -0.3 is 0 Å². The molecule has 1 rings (SSSR count). The van der Waals surface area contributed by atoms with Crippen LogP contribution in [0.25, 0.3) is 0 Å². The molecular formula is C20H37N. The van der Waals surface area contributed by atoms with Gasteiger partial charge in [0.25, 0.3) is 0 Å². The van der Waals surface area contributed by atoms with E-state index in [2.05, 4.69) is 31.0 Å². The first kappa shape index (κ1) is 18.5. The number of hydrogen-bond donors (Lipinski definition) is 0. The molecule has 122 valence electrons. The molecule has 0 saturated heterocycles. The Hall–Kier alpha value is -0.590. The zero-order chi connectivity index (χ0) is 15.2. The molecular weight excluding hydrogens is 254 g/mol. The molecule has 0 saturated carbocycles. The fraction of sp³-hybridized carbons (Fsp3) is 0.850. The molecule has 0 spiro atoms. The Morgan fingerprint density at radius 1 is 0.905 bits per heavy atom. The van der Waals surface area contributed by atoms with Crippen LogP contribution in [0.2, 0.25) is 0 Å². The van der Waals surface area contributed by atoms with Crippen molar-refractivity contribution < 1.29 is 0 Å². The highest BCUT2D eigenvalue weighted by atomic mass is 14.8. The Morgan fingerprint density at radius 2 is 1.52 bits per heavy atom. The summed E-state index contributed by atoms with van der Waals surface area (Å²) in [6, 6.07) is 0. The number of aliphatic imine (C=N–C) groups is 1. The lowest BCUT2D eigenvalue weighted by atomic mass is 9.95. The molecule has 1 heteroatoms. The van der Waals surface area contributed by atoms with E-state index in [0.29, 0.717) is 0 Å². The summed E-state index contributed by atoms with van der Waals surface area (Å²) >= 11 is 0. The molecule has 0 aromatic heterocycles. The summed E-state index contributed by atoms with van der Waals surface area (Å²) in [5.74, 6) is 0.817. The fourth-order valence-corrected chi connectivity index (χ4v) is 3.20. The van der Waals surface area contributed by atoms with Crippen molar-refractivity contribution in [1.82, 2.24) is 0 Å². The van der Waals surface area contributed by atoms with E-state index in [0.717, 1.165) is 12.5 Å². The minimum Gasteiger partial charge on any atom is -0.294 e. The van der Waals surface area contributed by atoms with Gasteiger partial charge in [0.05, 0.1) is 0 Å². The molecule has 0 radical (unpaired) electrons. The molecule has 0 amide bonds. The number of allylic oxidation sites excluding steroid dienone is 2. The van der Waals surface area contributed by atoms with Crippen molar-refractivity contribution in [3.63, 3.8) is 0 Å². The molecule has 1 nitrogen and oxygen atoms in total. The second-order valence-electron chi connectivity index (χ2n) is 6.67. The maximum Gasteiger partial charge on any atom is 0.0394 e. The van der Waals surface area contributed by atoms with Crippen molar-refractivity contribution in [2.45, 2.75) is 97.3 Å². The molecule has 0 aliphatic carbocycles. The van der Waals surface area contributed by atoms with E-state index in [4.69, 9.17) is 0 Å². The van der Waals surface area contributed by atoms with Gasteiger partial charge in [0.1, 0.15) is 0 Å². The summed E-state index contributed by atoms with van der Waals surface area (Å²) in [6.07, 6.45) is 22.7. The van der Waals surface area contributed by atoms with Crippen molar-refractivity contribution in [3.05, 3.63) is 12.2 Å². The fourth-order valence-electron chi connectivity index (χ4n) is 3.20. The van der Waals surface area contributed by atoms with Crippen molar-refractivity contribution in [2.24, 2.45) is 10.9 Å². The van der Waals surface area contributed by atoms with E-state index in [1.54, 1.807) is 0 Å². The minimum atomic E-state index is 0.817. The molecule has 0 N–H and O–H groups in total. The SMILES string of the molecule is CCCCCCCC=CCCCCCCC1CCN=C1C. The second-order valence-corrected chi connectivity index (χ2v) is 6.67. The van der Waals surface area contributed by atoms with Gasteiger partial charge in [-0.3, -0.25) is 4.99 Å². The van der Waals surface area contributed by atoms with Crippen LogP contribution in [0.3, 0.4) is 0 Å². The van der Waals surface area contributed by atoms with Crippen LogP contribution in [0.4, 0.5) is 0 Å². The molecule has 1 atom stereocenters. The summed E-state index contributed by atoms with van der Waals surface area (Å²) in [6.45, 7) is 5.58. The average molecular weight is 292 g/mol. The molecule has 21 heavy (non-hydrogen) atoms. The highest BCUT2D eigenvalue weighted by Crippen LogP contribution is 2.21. The number of unbranched alkanes of at least 4 members (excludes halogenated alkanes) is 9. The lowest BCUT2D eigenvalue weighted by Gasteiger charge is -2.08. The van der Waals surface area contributed by atoms with E-state index in [-0.39, 0.29) is 0 Å². The van der Waals surface area contributed by atoms with Gasteiger partial charge in [-0.2, -0.15) is 0 Å². The van der Waals surface area contributed by atoms with Crippen LogP contribution in [-0.2, 0) is 0 Å². The maximum absolute atomic E-state index is 4.51. The van der Waals surface area contributed by atoms with Crippen LogP contribution < -0.4 is 0 Å². The maximum atomic E-state index is 4.51. The Balaban J connectivity index is 1.79. The standard InChI is InChI=1S/C20H37N/c1-3-4-5-6-7-8-9-10-11-12-13-14-15-16-20-17-18-21-19(20)2/h9-10,20H,3-8,11-18H2,1-2H3. The Morgan fingerprint density at radius 3 is 2.10 bits per heavy atom.